The number of thioether (sulfide) groups is 1. The molecule has 1 aliphatic carbocycles. The van der Waals surface area contributed by atoms with Crippen molar-refractivity contribution in [1.29, 1.82) is 0 Å². The average Bonchev–Trinajstić information content (AvgIpc) is 3.07. The van der Waals surface area contributed by atoms with Crippen LogP contribution in [0.4, 0.5) is 10.1 Å². The highest BCUT2D eigenvalue weighted by atomic mass is 32.2. The van der Waals surface area contributed by atoms with Crippen molar-refractivity contribution in [2.75, 3.05) is 23.5 Å². The number of anilines is 1. The van der Waals surface area contributed by atoms with Gasteiger partial charge in [-0.3, -0.25) is 0 Å². The molecule has 1 aliphatic heterocycles. The molecule has 1 saturated heterocycles. The number of rotatable bonds is 5. The number of benzene rings is 1. The Morgan fingerprint density at radius 1 is 1.32 bits per heavy atom. The summed E-state index contributed by atoms with van der Waals surface area (Å²) in [5.41, 5.74) is 2.07. The Bertz CT molecular complexity index is 442. The van der Waals surface area contributed by atoms with Gasteiger partial charge in [0.25, 0.3) is 0 Å². The lowest BCUT2D eigenvalue weighted by atomic mass is 10.1. The number of nitrogens with zero attached hydrogens (tertiary/aromatic N) is 1. The van der Waals surface area contributed by atoms with Gasteiger partial charge in [0.2, 0.25) is 0 Å². The fraction of sp³-hybridized carbons (Fsp3) is 0.600. The summed E-state index contributed by atoms with van der Waals surface area (Å²) in [5.74, 6) is 2.26. The quantitative estimate of drug-likeness (QED) is 0.892. The molecule has 1 atom stereocenters. The van der Waals surface area contributed by atoms with E-state index in [1.807, 2.05) is 11.8 Å². The van der Waals surface area contributed by atoms with Crippen LogP contribution >= 0.6 is 11.8 Å². The molecule has 2 nitrogen and oxygen atoms in total. The second-order valence-electron chi connectivity index (χ2n) is 5.60. The first-order valence-corrected chi connectivity index (χ1v) is 8.21. The molecule has 0 radical (unpaired) electrons. The molecule has 104 valence electrons. The molecule has 0 spiro atoms. The molecule has 0 amide bonds. The fourth-order valence-electron chi connectivity index (χ4n) is 2.53. The first kappa shape index (κ1) is 13.3. The number of hydrogen-bond acceptors (Lipinski definition) is 3. The van der Waals surface area contributed by atoms with Gasteiger partial charge >= 0.3 is 0 Å². The van der Waals surface area contributed by atoms with Crippen LogP contribution in [0, 0.1) is 5.82 Å². The van der Waals surface area contributed by atoms with E-state index in [1.54, 1.807) is 12.1 Å². The summed E-state index contributed by atoms with van der Waals surface area (Å²) < 4.78 is 13.8. The van der Waals surface area contributed by atoms with E-state index in [-0.39, 0.29) is 5.82 Å². The van der Waals surface area contributed by atoms with Crippen LogP contribution in [-0.2, 0) is 6.54 Å². The largest absolute Gasteiger partial charge is 0.371 e. The Balaban J connectivity index is 1.71. The van der Waals surface area contributed by atoms with Gasteiger partial charge in [-0.2, -0.15) is 11.8 Å². The average molecular weight is 280 g/mol. The summed E-state index contributed by atoms with van der Waals surface area (Å²) in [6, 6.07) is 6.65. The second kappa shape index (κ2) is 5.71. The summed E-state index contributed by atoms with van der Waals surface area (Å²) in [7, 11) is 2.09. The smallest absolute Gasteiger partial charge is 0.125 e. The minimum absolute atomic E-state index is 0.123. The predicted molar refractivity (Wildman–Crippen MR) is 80.4 cm³/mol. The molecule has 0 aromatic heterocycles. The normalized spacial score (nSPS) is 22.7. The van der Waals surface area contributed by atoms with Crippen molar-refractivity contribution in [2.45, 2.75) is 37.9 Å². The Kier molecular flexibility index (Phi) is 3.99. The molecule has 3 rings (SSSR count). The summed E-state index contributed by atoms with van der Waals surface area (Å²) >= 11 is 1.99. The van der Waals surface area contributed by atoms with Crippen molar-refractivity contribution in [1.82, 2.24) is 5.32 Å². The van der Waals surface area contributed by atoms with E-state index in [4.69, 9.17) is 0 Å². The molecule has 1 aromatic carbocycles. The van der Waals surface area contributed by atoms with Crippen LogP contribution in [0.5, 0.6) is 0 Å². The maximum absolute atomic E-state index is 13.8. The van der Waals surface area contributed by atoms with Crippen molar-refractivity contribution in [2.24, 2.45) is 0 Å². The van der Waals surface area contributed by atoms with Gasteiger partial charge < -0.3 is 10.2 Å². The van der Waals surface area contributed by atoms with Crippen LogP contribution in [0.15, 0.2) is 18.2 Å². The Morgan fingerprint density at radius 2 is 2.16 bits per heavy atom. The first-order valence-electron chi connectivity index (χ1n) is 7.06. The van der Waals surface area contributed by atoms with Gasteiger partial charge in [-0.25, -0.2) is 4.39 Å². The van der Waals surface area contributed by atoms with E-state index in [9.17, 15) is 4.39 Å². The van der Waals surface area contributed by atoms with Crippen LogP contribution < -0.4 is 10.2 Å². The van der Waals surface area contributed by atoms with Gasteiger partial charge in [0.05, 0.1) is 0 Å². The molecular weight excluding hydrogens is 259 g/mol. The van der Waals surface area contributed by atoms with Crippen LogP contribution in [-0.4, -0.2) is 30.6 Å². The lowest BCUT2D eigenvalue weighted by Crippen LogP contribution is -2.31. The monoisotopic (exact) mass is 280 g/mol. The van der Waals surface area contributed by atoms with Crippen LogP contribution in [0.3, 0.4) is 0 Å². The molecular formula is C15H21FN2S. The molecule has 1 saturated carbocycles. The molecule has 1 N–H and O–H groups in total. The Labute approximate surface area is 118 Å². The zero-order chi connectivity index (χ0) is 13.2. The van der Waals surface area contributed by atoms with Crippen LogP contribution in [0.25, 0.3) is 0 Å². The summed E-state index contributed by atoms with van der Waals surface area (Å²) in [5, 5.41) is 3.45. The zero-order valence-corrected chi connectivity index (χ0v) is 12.2. The van der Waals surface area contributed by atoms with Gasteiger partial charge in [-0.1, -0.05) is 0 Å². The van der Waals surface area contributed by atoms with Crippen molar-refractivity contribution in [3.63, 3.8) is 0 Å². The third-order valence-corrected chi connectivity index (χ3v) is 5.12. The van der Waals surface area contributed by atoms with E-state index < -0.39 is 0 Å². The minimum atomic E-state index is -0.123. The molecule has 2 fully saturated rings. The number of hydrogen-bond donors (Lipinski definition) is 1. The SMILES string of the molecule is CN(c1cc(F)cc(CNC2CC2)c1)C1CCSC1. The van der Waals surface area contributed by atoms with Crippen molar-refractivity contribution in [3.05, 3.63) is 29.6 Å². The third-order valence-electron chi connectivity index (χ3n) is 3.98. The van der Waals surface area contributed by atoms with E-state index in [0.29, 0.717) is 12.1 Å². The van der Waals surface area contributed by atoms with Crippen LogP contribution in [0.2, 0.25) is 0 Å². The van der Waals surface area contributed by atoms with Crippen molar-refractivity contribution in [3.8, 4) is 0 Å². The van der Waals surface area contributed by atoms with Gasteiger partial charge in [0, 0.05) is 37.1 Å². The molecule has 19 heavy (non-hydrogen) atoms. The zero-order valence-electron chi connectivity index (χ0n) is 11.4. The van der Waals surface area contributed by atoms with E-state index in [1.165, 1.54) is 25.0 Å². The lowest BCUT2D eigenvalue weighted by molar-refractivity contribution is 0.616. The topological polar surface area (TPSA) is 15.3 Å². The second-order valence-corrected chi connectivity index (χ2v) is 6.75. The molecule has 0 bridgehead atoms. The lowest BCUT2D eigenvalue weighted by Gasteiger charge is -2.26. The maximum atomic E-state index is 13.8. The predicted octanol–water partition coefficient (Wildman–Crippen LogP) is 3.02. The van der Waals surface area contributed by atoms with Crippen LogP contribution in [0.1, 0.15) is 24.8 Å². The summed E-state index contributed by atoms with van der Waals surface area (Å²) in [6.45, 7) is 0.780. The number of nitrogens with one attached hydrogen (secondary N) is 1. The van der Waals surface area contributed by atoms with E-state index >= 15 is 0 Å². The number of halogens is 1. The highest BCUT2D eigenvalue weighted by Gasteiger charge is 2.22. The Hall–Kier alpha value is -0.740. The third kappa shape index (κ3) is 3.42. The molecule has 1 aromatic rings. The fourth-order valence-corrected chi connectivity index (χ4v) is 3.79. The Morgan fingerprint density at radius 3 is 2.84 bits per heavy atom. The van der Waals surface area contributed by atoms with Gasteiger partial charge in [0.15, 0.2) is 0 Å². The molecule has 1 heterocycles. The standard InChI is InChI=1S/C15H21FN2S/c1-18(14-4-5-19-10-14)15-7-11(6-12(16)8-15)9-17-13-2-3-13/h6-8,13-14,17H,2-5,9-10H2,1H3. The van der Waals surface area contributed by atoms with Gasteiger partial charge in [-0.15, -0.1) is 0 Å². The maximum Gasteiger partial charge on any atom is 0.125 e. The molecule has 2 aliphatic rings. The molecule has 4 heteroatoms. The summed E-state index contributed by atoms with van der Waals surface area (Å²) in [4.78, 5) is 2.24. The molecule has 1 unspecified atom stereocenters. The first-order chi connectivity index (χ1) is 9.22. The highest BCUT2D eigenvalue weighted by Crippen LogP contribution is 2.27. The highest BCUT2D eigenvalue weighted by molar-refractivity contribution is 7.99. The van der Waals surface area contributed by atoms with E-state index in [2.05, 4.69) is 23.3 Å². The van der Waals surface area contributed by atoms with Gasteiger partial charge in [0.1, 0.15) is 5.82 Å². The van der Waals surface area contributed by atoms with Crippen molar-refractivity contribution < 1.29 is 4.39 Å². The van der Waals surface area contributed by atoms with E-state index in [0.717, 1.165) is 23.5 Å². The summed E-state index contributed by atoms with van der Waals surface area (Å²) in [6.07, 6.45) is 3.73. The van der Waals surface area contributed by atoms with Gasteiger partial charge in [-0.05, 0) is 48.8 Å². The minimum Gasteiger partial charge on any atom is -0.371 e. The van der Waals surface area contributed by atoms with Crippen molar-refractivity contribution >= 4 is 17.4 Å².